The molecule has 3 unspecified atom stereocenters. The topological polar surface area (TPSA) is 24.5 Å². The van der Waals surface area contributed by atoms with Crippen LogP contribution in [0.5, 0.6) is 0 Å². The fourth-order valence-corrected chi connectivity index (χ4v) is 2.84. The van der Waals surface area contributed by atoms with Crippen LogP contribution < -0.4 is 5.32 Å². The third kappa shape index (κ3) is 4.52. The van der Waals surface area contributed by atoms with Gasteiger partial charge in [-0.3, -0.25) is 4.90 Å². The maximum absolute atomic E-state index is 5.73. The van der Waals surface area contributed by atoms with Gasteiger partial charge in [-0.2, -0.15) is 0 Å². The molecule has 1 aliphatic rings. The quantitative estimate of drug-likeness (QED) is 0.722. The van der Waals surface area contributed by atoms with E-state index in [1.165, 1.54) is 25.8 Å². The highest BCUT2D eigenvalue weighted by atomic mass is 16.5. The Morgan fingerprint density at radius 2 is 2.11 bits per heavy atom. The van der Waals surface area contributed by atoms with Gasteiger partial charge in [0, 0.05) is 24.7 Å². The van der Waals surface area contributed by atoms with Crippen LogP contribution in [0.1, 0.15) is 53.4 Å². The van der Waals surface area contributed by atoms with Gasteiger partial charge in [0.25, 0.3) is 0 Å². The standard InChI is InChI=1S/C15H32N2O/c1-5-8-10-17(13(4)6-2)15-12-18-11-9-14(15)16-7-3/h13-16H,5-12H2,1-4H3. The fraction of sp³-hybridized carbons (Fsp3) is 1.00. The molecule has 108 valence electrons. The smallest absolute Gasteiger partial charge is 0.0637 e. The van der Waals surface area contributed by atoms with Gasteiger partial charge in [-0.05, 0) is 39.3 Å². The molecule has 0 spiro atoms. The summed E-state index contributed by atoms with van der Waals surface area (Å²) in [5, 5.41) is 3.65. The number of likely N-dealkylation sites (N-methyl/N-ethyl adjacent to an activating group) is 1. The van der Waals surface area contributed by atoms with Crippen molar-refractivity contribution in [2.24, 2.45) is 0 Å². The summed E-state index contributed by atoms with van der Waals surface area (Å²) < 4.78 is 5.73. The summed E-state index contributed by atoms with van der Waals surface area (Å²) in [6.07, 6.45) is 4.93. The van der Waals surface area contributed by atoms with Gasteiger partial charge in [-0.15, -0.1) is 0 Å². The second-order valence-corrected chi connectivity index (χ2v) is 5.44. The largest absolute Gasteiger partial charge is 0.380 e. The van der Waals surface area contributed by atoms with Crippen LogP contribution in [0.4, 0.5) is 0 Å². The Morgan fingerprint density at radius 3 is 2.72 bits per heavy atom. The van der Waals surface area contributed by atoms with Gasteiger partial charge in [0.2, 0.25) is 0 Å². The van der Waals surface area contributed by atoms with Crippen molar-refractivity contribution in [3.8, 4) is 0 Å². The number of rotatable bonds is 8. The van der Waals surface area contributed by atoms with E-state index in [0.29, 0.717) is 18.1 Å². The molecule has 18 heavy (non-hydrogen) atoms. The van der Waals surface area contributed by atoms with E-state index in [4.69, 9.17) is 4.74 Å². The van der Waals surface area contributed by atoms with Crippen LogP contribution >= 0.6 is 0 Å². The van der Waals surface area contributed by atoms with E-state index in [0.717, 1.165) is 26.2 Å². The van der Waals surface area contributed by atoms with Crippen molar-refractivity contribution in [2.45, 2.75) is 71.5 Å². The molecular formula is C15H32N2O. The molecule has 1 fully saturated rings. The molecular weight excluding hydrogens is 224 g/mol. The Kier molecular flexibility index (Phi) is 7.87. The number of hydrogen-bond donors (Lipinski definition) is 1. The Hall–Kier alpha value is -0.120. The molecule has 0 amide bonds. The summed E-state index contributed by atoms with van der Waals surface area (Å²) in [4.78, 5) is 2.68. The highest BCUT2D eigenvalue weighted by Crippen LogP contribution is 2.19. The molecule has 0 aromatic heterocycles. The third-order valence-electron chi connectivity index (χ3n) is 4.15. The van der Waals surface area contributed by atoms with Crippen molar-refractivity contribution in [1.82, 2.24) is 10.2 Å². The monoisotopic (exact) mass is 256 g/mol. The van der Waals surface area contributed by atoms with Gasteiger partial charge in [-0.25, -0.2) is 0 Å². The molecule has 0 aromatic carbocycles. The lowest BCUT2D eigenvalue weighted by Gasteiger charge is -2.43. The molecule has 1 aliphatic heterocycles. The summed E-state index contributed by atoms with van der Waals surface area (Å²) in [6.45, 7) is 13.2. The molecule has 1 saturated heterocycles. The van der Waals surface area contributed by atoms with Crippen molar-refractivity contribution in [1.29, 1.82) is 0 Å². The van der Waals surface area contributed by atoms with Crippen LogP contribution in [0.2, 0.25) is 0 Å². The van der Waals surface area contributed by atoms with Crippen molar-refractivity contribution in [2.75, 3.05) is 26.3 Å². The van der Waals surface area contributed by atoms with Crippen LogP contribution in [0.3, 0.4) is 0 Å². The predicted molar refractivity (Wildman–Crippen MR) is 78.1 cm³/mol. The summed E-state index contributed by atoms with van der Waals surface area (Å²) in [7, 11) is 0. The Morgan fingerprint density at radius 1 is 1.33 bits per heavy atom. The zero-order chi connectivity index (χ0) is 13.4. The van der Waals surface area contributed by atoms with Crippen LogP contribution in [0.15, 0.2) is 0 Å². The third-order valence-corrected chi connectivity index (χ3v) is 4.15. The molecule has 0 bridgehead atoms. The average Bonchev–Trinajstić information content (AvgIpc) is 2.40. The van der Waals surface area contributed by atoms with Gasteiger partial charge < -0.3 is 10.1 Å². The van der Waals surface area contributed by atoms with Gasteiger partial charge in [0.1, 0.15) is 0 Å². The maximum atomic E-state index is 5.73. The average molecular weight is 256 g/mol. The molecule has 0 aliphatic carbocycles. The van der Waals surface area contributed by atoms with E-state index in [-0.39, 0.29) is 0 Å². The lowest BCUT2D eigenvalue weighted by atomic mass is 9.99. The van der Waals surface area contributed by atoms with E-state index < -0.39 is 0 Å². The minimum atomic E-state index is 0.556. The minimum Gasteiger partial charge on any atom is -0.380 e. The summed E-state index contributed by atoms with van der Waals surface area (Å²) in [5.41, 5.74) is 0. The van der Waals surface area contributed by atoms with Crippen molar-refractivity contribution >= 4 is 0 Å². The first kappa shape index (κ1) is 15.9. The number of ether oxygens (including phenoxy) is 1. The van der Waals surface area contributed by atoms with Gasteiger partial charge in [0.15, 0.2) is 0 Å². The Balaban J connectivity index is 2.66. The van der Waals surface area contributed by atoms with Gasteiger partial charge >= 0.3 is 0 Å². The molecule has 3 atom stereocenters. The second kappa shape index (κ2) is 8.89. The van der Waals surface area contributed by atoms with Crippen LogP contribution in [0.25, 0.3) is 0 Å². The predicted octanol–water partition coefficient (Wildman–Crippen LogP) is 2.65. The van der Waals surface area contributed by atoms with Gasteiger partial charge in [-0.1, -0.05) is 27.2 Å². The molecule has 1 heterocycles. The summed E-state index contributed by atoms with van der Waals surface area (Å²) in [5.74, 6) is 0. The van der Waals surface area contributed by atoms with E-state index in [1.807, 2.05) is 0 Å². The zero-order valence-electron chi connectivity index (χ0n) is 12.7. The Bertz CT molecular complexity index is 209. The lowest BCUT2D eigenvalue weighted by Crippen LogP contribution is -2.57. The van der Waals surface area contributed by atoms with Crippen molar-refractivity contribution < 1.29 is 4.74 Å². The van der Waals surface area contributed by atoms with E-state index in [2.05, 4.69) is 37.9 Å². The highest BCUT2D eigenvalue weighted by molar-refractivity contribution is 4.89. The first-order valence-corrected chi connectivity index (χ1v) is 7.81. The summed E-state index contributed by atoms with van der Waals surface area (Å²) in [6, 6.07) is 1.82. The normalized spacial score (nSPS) is 26.5. The SMILES string of the molecule is CCCCN(C(C)CC)C1COCCC1NCC. The molecule has 0 aromatic rings. The maximum Gasteiger partial charge on any atom is 0.0637 e. The van der Waals surface area contributed by atoms with Crippen LogP contribution in [-0.4, -0.2) is 49.3 Å². The zero-order valence-corrected chi connectivity index (χ0v) is 12.7. The highest BCUT2D eigenvalue weighted by Gasteiger charge is 2.31. The van der Waals surface area contributed by atoms with E-state index in [1.54, 1.807) is 0 Å². The first-order chi connectivity index (χ1) is 8.74. The number of nitrogens with one attached hydrogen (secondary N) is 1. The van der Waals surface area contributed by atoms with Crippen LogP contribution in [0, 0.1) is 0 Å². The first-order valence-electron chi connectivity index (χ1n) is 7.81. The number of hydrogen-bond acceptors (Lipinski definition) is 3. The fourth-order valence-electron chi connectivity index (χ4n) is 2.84. The molecule has 3 nitrogen and oxygen atoms in total. The van der Waals surface area contributed by atoms with Crippen molar-refractivity contribution in [3.05, 3.63) is 0 Å². The molecule has 1 N–H and O–H groups in total. The van der Waals surface area contributed by atoms with Gasteiger partial charge in [0.05, 0.1) is 6.61 Å². The summed E-state index contributed by atoms with van der Waals surface area (Å²) >= 11 is 0. The lowest BCUT2D eigenvalue weighted by molar-refractivity contribution is -0.0179. The number of unbranched alkanes of at least 4 members (excludes halogenated alkanes) is 1. The minimum absolute atomic E-state index is 0.556. The van der Waals surface area contributed by atoms with E-state index >= 15 is 0 Å². The Labute approximate surface area is 113 Å². The molecule has 1 rings (SSSR count). The number of nitrogens with zero attached hydrogens (tertiary/aromatic N) is 1. The van der Waals surface area contributed by atoms with Crippen molar-refractivity contribution in [3.63, 3.8) is 0 Å². The molecule has 0 radical (unpaired) electrons. The molecule has 0 saturated carbocycles. The van der Waals surface area contributed by atoms with Crippen LogP contribution in [-0.2, 0) is 4.74 Å². The second-order valence-electron chi connectivity index (χ2n) is 5.44. The van der Waals surface area contributed by atoms with E-state index in [9.17, 15) is 0 Å². The molecule has 3 heteroatoms.